The molecular formula is C13H23F3N2O4. The molecule has 3 N–H and O–H groups in total. The standard InChI is InChI=1S/C13H23F3N2O4/c1-4-10(8-21-3)18-11(19)17-9-12(20,13(14,15)16)6-7-22-5-2/h6-7,10,20H,4-5,8-9H2,1-3H3,(H2,17,18,19)/b7-6+/t10-,12+/m1/s1. The summed E-state index contributed by atoms with van der Waals surface area (Å²) >= 11 is 0. The van der Waals surface area contributed by atoms with Gasteiger partial charge in [0.25, 0.3) is 0 Å². The molecule has 0 rings (SSSR count). The lowest BCUT2D eigenvalue weighted by Gasteiger charge is -2.28. The quantitative estimate of drug-likeness (QED) is 0.561. The van der Waals surface area contributed by atoms with E-state index in [1.807, 2.05) is 5.32 Å². The number of aliphatic hydroxyl groups is 1. The average molecular weight is 328 g/mol. The number of carbonyl (C=O) groups excluding carboxylic acids is 1. The predicted molar refractivity (Wildman–Crippen MR) is 74.3 cm³/mol. The summed E-state index contributed by atoms with van der Waals surface area (Å²) in [4.78, 5) is 11.6. The highest BCUT2D eigenvalue weighted by molar-refractivity contribution is 5.74. The van der Waals surface area contributed by atoms with E-state index < -0.39 is 24.4 Å². The first-order valence-electron chi connectivity index (χ1n) is 6.81. The van der Waals surface area contributed by atoms with Crippen LogP contribution in [0.4, 0.5) is 18.0 Å². The Balaban J connectivity index is 4.66. The Bertz CT molecular complexity index is 364. The fourth-order valence-corrected chi connectivity index (χ4v) is 1.42. The van der Waals surface area contributed by atoms with E-state index in [9.17, 15) is 23.1 Å². The van der Waals surface area contributed by atoms with Crippen molar-refractivity contribution >= 4 is 6.03 Å². The summed E-state index contributed by atoms with van der Waals surface area (Å²) in [7, 11) is 1.45. The summed E-state index contributed by atoms with van der Waals surface area (Å²) in [6, 6.07) is -1.15. The number of carbonyl (C=O) groups is 1. The Kier molecular flexibility index (Phi) is 8.88. The maximum absolute atomic E-state index is 12.9. The second kappa shape index (κ2) is 9.52. The molecule has 0 aromatic carbocycles. The number of hydrogen-bond donors (Lipinski definition) is 3. The van der Waals surface area contributed by atoms with Gasteiger partial charge in [0.05, 0.1) is 32.1 Å². The van der Waals surface area contributed by atoms with Crippen LogP contribution in [-0.2, 0) is 9.47 Å². The number of nitrogens with one attached hydrogen (secondary N) is 2. The molecule has 0 heterocycles. The van der Waals surface area contributed by atoms with E-state index in [1.54, 1.807) is 13.8 Å². The van der Waals surface area contributed by atoms with Gasteiger partial charge in [0, 0.05) is 7.11 Å². The van der Waals surface area contributed by atoms with Crippen molar-refractivity contribution in [2.24, 2.45) is 0 Å². The SMILES string of the molecule is CCO/C=C/[C@](O)(CNC(=O)N[C@H](CC)COC)C(F)(F)F. The van der Waals surface area contributed by atoms with Gasteiger partial charge < -0.3 is 25.2 Å². The first kappa shape index (κ1) is 20.5. The fraction of sp³-hybridized carbons (Fsp3) is 0.769. The van der Waals surface area contributed by atoms with Gasteiger partial charge in [-0.3, -0.25) is 0 Å². The van der Waals surface area contributed by atoms with E-state index in [4.69, 9.17) is 4.74 Å². The number of urea groups is 1. The molecule has 0 unspecified atom stereocenters. The van der Waals surface area contributed by atoms with E-state index in [2.05, 4.69) is 10.1 Å². The summed E-state index contributed by atoms with van der Waals surface area (Å²) in [5.74, 6) is 0. The Morgan fingerprint density at radius 2 is 2.00 bits per heavy atom. The third-order valence-electron chi connectivity index (χ3n) is 2.81. The first-order chi connectivity index (χ1) is 10.2. The van der Waals surface area contributed by atoms with E-state index in [0.717, 1.165) is 6.26 Å². The van der Waals surface area contributed by atoms with E-state index in [1.165, 1.54) is 7.11 Å². The van der Waals surface area contributed by atoms with Gasteiger partial charge in [0.15, 0.2) is 5.60 Å². The van der Waals surface area contributed by atoms with Crippen molar-refractivity contribution in [1.82, 2.24) is 10.6 Å². The minimum atomic E-state index is -4.95. The van der Waals surface area contributed by atoms with Gasteiger partial charge >= 0.3 is 12.2 Å². The number of ether oxygens (including phenoxy) is 2. The minimum absolute atomic E-state index is 0.160. The zero-order valence-corrected chi connectivity index (χ0v) is 12.9. The van der Waals surface area contributed by atoms with Crippen LogP contribution in [-0.4, -0.2) is 55.8 Å². The molecule has 0 bridgehead atoms. The minimum Gasteiger partial charge on any atom is -0.502 e. The molecule has 2 atom stereocenters. The molecule has 0 radical (unpaired) electrons. The van der Waals surface area contributed by atoms with Gasteiger partial charge in [-0.05, 0) is 19.4 Å². The Hall–Kier alpha value is -1.48. The normalized spacial score (nSPS) is 16.1. The number of hydrogen-bond acceptors (Lipinski definition) is 4. The van der Waals surface area contributed by atoms with Gasteiger partial charge in [0.1, 0.15) is 0 Å². The van der Waals surface area contributed by atoms with Crippen LogP contribution in [0.3, 0.4) is 0 Å². The zero-order valence-electron chi connectivity index (χ0n) is 12.9. The maximum atomic E-state index is 12.9. The topological polar surface area (TPSA) is 79.8 Å². The van der Waals surface area contributed by atoms with E-state index in [0.29, 0.717) is 12.5 Å². The van der Waals surface area contributed by atoms with Crippen LogP contribution in [0.5, 0.6) is 0 Å². The Morgan fingerprint density at radius 3 is 2.45 bits per heavy atom. The average Bonchev–Trinajstić information content (AvgIpc) is 2.43. The molecule has 0 fully saturated rings. The van der Waals surface area contributed by atoms with Crippen LogP contribution in [0.25, 0.3) is 0 Å². The third-order valence-corrected chi connectivity index (χ3v) is 2.81. The molecule has 0 saturated heterocycles. The fourth-order valence-electron chi connectivity index (χ4n) is 1.42. The molecule has 130 valence electrons. The molecule has 0 aliphatic heterocycles. The highest BCUT2D eigenvalue weighted by Crippen LogP contribution is 2.31. The lowest BCUT2D eigenvalue weighted by molar-refractivity contribution is -0.237. The smallest absolute Gasteiger partial charge is 0.422 e. The van der Waals surface area contributed by atoms with Crippen molar-refractivity contribution in [3.63, 3.8) is 0 Å². The molecule has 0 aromatic heterocycles. The molecule has 0 aliphatic rings. The predicted octanol–water partition coefficient (Wildman–Crippen LogP) is 1.55. The molecule has 0 saturated carbocycles. The van der Waals surface area contributed by atoms with Crippen molar-refractivity contribution in [1.29, 1.82) is 0 Å². The van der Waals surface area contributed by atoms with Crippen molar-refractivity contribution in [2.45, 2.75) is 38.1 Å². The summed E-state index contributed by atoms with van der Waals surface area (Å²) in [5.41, 5.74) is -3.21. The monoisotopic (exact) mass is 328 g/mol. The molecule has 0 aromatic rings. The molecule has 0 aliphatic carbocycles. The summed E-state index contributed by atoms with van der Waals surface area (Å²) < 4.78 is 48.2. The third kappa shape index (κ3) is 6.99. The molecule has 0 spiro atoms. The second-order valence-corrected chi connectivity index (χ2v) is 4.57. The zero-order chi connectivity index (χ0) is 17.2. The van der Waals surface area contributed by atoms with Gasteiger partial charge in [0.2, 0.25) is 0 Å². The van der Waals surface area contributed by atoms with Crippen LogP contribution >= 0.6 is 0 Å². The number of rotatable bonds is 9. The number of alkyl halides is 3. The van der Waals surface area contributed by atoms with Crippen molar-refractivity contribution in [3.8, 4) is 0 Å². The summed E-state index contributed by atoms with van der Waals surface area (Å²) in [6.07, 6.45) is -3.18. The van der Waals surface area contributed by atoms with Crippen molar-refractivity contribution in [2.75, 3.05) is 26.9 Å². The van der Waals surface area contributed by atoms with Crippen LogP contribution in [0, 0.1) is 0 Å². The van der Waals surface area contributed by atoms with Crippen LogP contribution < -0.4 is 10.6 Å². The second-order valence-electron chi connectivity index (χ2n) is 4.57. The molecular weight excluding hydrogens is 305 g/mol. The Labute approximate surface area is 127 Å². The highest BCUT2D eigenvalue weighted by atomic mass is 19.4. The van der Waals surface area contributed by atoms with Gasteiger partial charge in [-0.15, -0.1) is 0 Å². The van der Waals surface area contributed by atoms with Crippen LogP contribution in [0.2, 0.25) is 0 Å². The molecule has 2 amide bonds. The van der Waals surface area contributed by atoms with Gasteiger partial charge in [-0.2, -0.15) is 13.2 Å². The summed E-state index contributed by atoms with van der Waals surface area (Å²) in [6.45, 7) is 2.74. The number of amides is 2. The van der Waals surface area contributed by atoms with Crippen LogP contribution in [0.15, 0.2) is 12.3 Å². The lowest BCUT2D eigenvalue weighted by atomic mass is 10.0. The number of halogens is 3. The Morgan fingerprint density at radius 1 is 1.36 bits per heavy atom. The lowest BCUT2D eigenvalue weighted by Crippen LogP contribution is -2.55. The maximum Gasteiger partial charge on any atom is 0.422 e. The van der Waals surface area contributed by atoms with E-state index >= 15 is 0 Å². The molecule has 22 heavy (non-hydrogen) atoms. The highest BCUT2D eigenvalue weighted by Gasteiger charge is 2.52. The number of methoxy groups -OCH3 is 1. The van der Waals surface area contributed by atoms with E-state index in [-0.39, 0.29) is 19.3 Å². The largest absolute Gasteiger partial charge is 0.502 e. The van der Waals surface area contributed by atoms with Gasteiger partial charge in [-0.25, -0.2) is 4.79 Å². The van der Waals surface area contributed by atoms with Crippen molar-refractivity contribution < 1.29 is 32.5 Å². The molecule has 6 nitrogen and oxygen atoms in total. The summed E-state index contributed by atoms with van der Waals surface area (Å²) in [5, 5.41) is 14.1. The van der Waals surface area contributed by atoms with Crippen LogP contribution in [0.1, 0.15) is 20.3 Å². The first-order valence-corrected chi connectivity index (χ1v) is 6.81. The van der Waals surface area contributed by atoms with Crippen molar-refractivity contribution in [3.05, 3.63) is 12.3 Å². The molecule has 9 heteroatoms. The van der Waals surface area contributed by atoms with Gasteiger partial charge in [-0.1, -0.05) is 6.92 Å².